The Morgan fingerprint density at radius 3 is 2.53 bits per heavy atom. The van der Waals surface area contributed by atoms with Gasteiger partial charge in [-0.25, -0.2) is 9.59 Å². The SMILES string of the molecule is CCN(CC1CCC1)C(=O)N1CCCC1(C)C(=O)O. The van der Waals surface area contributed by atoms with Crippen molar-refractivity contribution in [2.75, 3.05) is 19.6 Å². The van der Waals surface area contributed by atoms with Crippen molar-refractivity contribution in [2.24, 2.45) is 5.92 Å². The first-order valence-electron chi connectivity index (χ1n) is 7.29. The number of carbonyl (C=O) groups is 2. The third-order valence-corrected chi connectivity index (χ3v) is 4.69. The van der Waals surface area contributed by atoms with E-state index in [1.165, 1.54) is 19.3 Å². The molecule has 19 heavy (non-hydrogen) atoms. The second-order valence-corrected chi connectivity index (χ2v) is 5.95. The van der Waals surface area contributed by atoms with Crippen LogP contribution in [0.2, 0.25) is 0 Å². The number of hydrogen-bond donors (Lipinski definition) is 1. The molecule has 1 N–H and O–H groups in total. The van der Waals surface area contributed by atoms with Crippen molar-refractivity contribution in [3.8, 4) is 0 Å². The van der Waals surface area contributed by atoms with Crippen LogP contribution in [0.1, 0.15) is 46.0 Å². The largest absolute Gasteiger partial charge is 0.480 e. The molecule has 2 fully saturated rings. The number of carboxylic acids is 1. The Morgan fingerprint density at radius 2 is 2.05 bits per heavy atom. The number of aliphatic carboxylic acids is 1. The van der Waals surface area contributed by atoms with Gasteiger partial charge in [-0.1, -0.05) is 6.42 Å². The molecule has 1 aliphatic carbocycles. The lowest BCUT2D eigenvalue weighted by Crippen LogP contribution is -2.55. The van der Waals surface area contributed by atoms with Crippen LogP contribution in [0.5, 0.6) is 0 Å². The summed E-state index contributed by atoms with van der Waals surface area (Å²) in [6.07, 6.45) is 4.97. The number of carboxylic acid groups (broad SMARTS) is 1. The molecule has 2 rings (SSSR count). The predicted molar refractivity (Wildman–Crippen MR) is 72.0 cm³/mol. The number of rotatable bonds is 4. The Balaban J connectivity index is 2.05. The van der Waals surface area contributed by atoms with E-state index in [1.54, 1.807) is 11.8 Å². The van der Waals surface area contributed by atoms with Gasteiger partial charge in [-0.3, -0.25) is 0 Å². The van der Waals surface area contributed by atoms with Gasteiger partial charge in [0.1, 0.15) is 5.54 Å². The summed E-state index contributed by atoms with van der Waals surface area (Å²) in [7, 11) is 0. The van der Waals surface area contributed by atoms with Crippen molar-refractivity contribution in [3.05, 3.63) is 0 Å². The van der Waals surface area contributed by atoms with E-state index in [9.17, 15) is 14.7 Å². The van der Waals surface area contributed by atoms with Gasteiger partial charge in [0.05, 0.1) is 0 Å². The minimum absolute atomic E-state index is 0.100. The van der Waals surface area contributed by atoms with E-state index in [0.717, 1.165) is 13.0 Å². The minimum atomic E-state index is -1.02. The van der Waals surface area contributed by atoms with E-state index >= 15 is 0 Å². The standard InChI is InChI=1S/C14H24N2O3/c1-3-15(10-11-6-4-7-11)13(19)16-9-5-8-14(16,2)12(17)18/h11H,3-10H2,1-2H3,(H,17,18). The summed E-state index contributed by atoms with van der Waals surface area (Å²) in [5, 5.41) is 9.37. The Morgan fingerprint density at radius 1 is 1.37 bits per heavy atom. The van der Waals surface area contributed by atoms with E-state index in [4.69, 9.17) is 0 Å². The van der Waals surface area contributed by atoms with E-state index in [2.05, 4.69) is 0 Å². The third-order valence-electron chi connectivity index (χ3n) is 4.69. The highest BCUT2D eigenvalue weighted by Gasteiger charge is 2.47. The molecule has 5 heteroatoms. The van der Waals surface area contributed by atoms with Crippen LogP contribution in [0, 0.1) is 5.92 Å². The zero-order valence-electron chi connectivity index (χ0n) is 11.9. The van der Waals surface area contributed by atoms with Crippen LogP contribution < -0.4 is 0 Å². The molecule has 0 aromatic rings. The monoisotopic (exact) mass is 268 g/mol. The number of carbonyl (C=O) groups excluding carboxylic acids is 1. The van der Waals surface area contributed by atoms with Crippen molar-refractivity contribution < 1.29 is 14.7 Å². The van der Waals surface area contributed by atoms with Crippen LogP contribution in [-0.4, -0.2) is 52.1 Å². The molecular formula is C14H24N2O3. The summed E-state index contributed by atoms with van der Waals surface area (Å²) in [6, 6.07) is -0.100. The summed E-state index contributed by atoms with van der Waals surface area (Å²) in [5.74, 6) is -0.277. The third kappa shape index (κ3) is 2.55. The number of urea groups is 1. The molecule has 0 aromatic carbocycles. The second-order valence-electron chi connectivity index (χ2n) is 5.95. The maximum absolute atomic E-state index is 12.6. The van der Waals surface area contributed by atoms with Gasteiger partial charge in [0.25, 0.3) is 0 Å². The maximum atomic E-state index is 12.6. The Hall–Kier alpha value is -1.26. The maximum Gasteiger partial charge on any atom is 0.329 e. The molecule has 108 valence electrons. The van der Waals surface area contributed by atoms with Crippen molar-refractivity contribution in [3.63, 3.8) is 0 Å². The van der Waals surface area contributed by atoms with Crippen molar-refractivity contribution >= 4 is 12.0 Å². The van der Waals surface area contributed by atoms with E-state index < -0.39 is 11.5 Å². The first-order valence-corrected chi connectivity index (χ1v) is 7.29. The second kappa shape index (κ2) is 5.39. The summed E-state index contributed by atoms with van der Waals surface area (Å²) in [6.45, 7) is 5.62. The fourth-order valence-corrected chi connectivity index (χ4v) is 2.99. The molecule has 1 unspecified atom stereocenters. The highest BCUT2D eigenvalue weighted by molar-refractivity contribution is 5.86. The number of nitrogens with zero attached hydrogens (tertiary/aromatic N) is 2. The molecule has 1 atom stereocenters. The van der Waals surface area contributed by atoms with E-state index in [1.807, 2.05) is 11.8 Å². The van der Waals surface area contributed by atoms with Gasteiger partial charge in [0.15, 0.2) is 0 Å². The van der Waals surface area contributed by atoms with Crippen LogP contribution in [0.15, 0.2) is 0 Å². The number of hydrogen-bond acceptors (Lipinski definition) is 2. The summed E-state index contributed by atoms with van der Waals surface area (Å²) < 4.78 is 0. The molecule has 1 saturated heterocycles. The molecule has 1 heterocycles. The summed E-state index contributed by atoms with van der Waals surface area (Å²) in [5.41, 5.74) is -1.02. The lowest BCUT2D eigenvalue weighted by Gasteiger charge is -2.38. The first kappa shape index (κ1) is 14.2. The van der Waals surface area contributed by atoms with Gasteiger partial charge in [0, 0.05) is 19.6 Å². The Labute approximate surface area is 114 Å². The highest BCUT2D eigenvalue weighted by Crippen LogP contribution is 2.32. The van der Waals surface area contributed by atoms with Crippen LogP contribution in [0.4, 0.5) is 4.79 Å². The Bertz CT molecular complexity index is 368. The first-order chi connectivity index (χ1) is 8.99. The molecule has 0 bridgehead atoms. The molecule has 1 aliphatic heterocycles. The predicted octanol–water partition coefficient (Wildman–Crippen LogP) is 2.17. The van der Waals surface area contributed by atoms with E-state index in [-0.39, 0.29) is 6.03 Å². The molecule has 0 spiro atoms. The van der Waals surface area contributed by atoms with Crippen molar-refractivity contribution in [2.45, 2.75) is 51.5 Å². The zero-order valence-corrected chi connectivity index (χ0v) is 11.9. The molecule has 2 amide bonds. The fraction of sp³-hybridized carbons (Fsp3) is 0.857. The smallest absolute Gasteiger partial charge is 0.329 e. The average Bonchev–Trinajstić information content (AvgIpc) is 2.71. The topological polar surface area (TPSA) is 60.9 Å². The van der Waals surface area contributed by atoms with Gasteiger partial charge < -0.3 is 14.9 Å². The van der Waals surface area contributed by atoms with Crippen LogP contribution in [-0.2, 0) is 4.79 Å². The molecular weight excluding hydrogens is 244 g/mol. The van der Waals surface area contributed by atoms with Crippen LogP contribution in [0.25, 0.3) is 0 Å². The average molecular weight is 268 g/mol. The lowest BCUT2D eigenvalue weighted by molar-refractivity contribution is -0.147. The minimum Gasteiger partial charge on any atom is -0.480 e. The molecule has 1 saturated carbocycles. The van der Waals surface area contributed by atoms with Gasteiger partial charge in [-0.2, -0.15) is 0 Å². The van der Waals surface area contributed by atoms with Gasteiger partial charge >= 0.3 is 12.0 Å². The van der Waals surface area contributed by atoms with Gasteiger partial charge in [-0.15, -0.1) is 0 Å². The number of amides is 2. The molecule has 2 aliphatic rings. The van der Waals surface area contributed by atoms with Gasteiger partial charge in [-0.05, 0) is 45.4 Å². The van der Waals surface area contributed by atoms with Crippen LogP contribution in [0.3, 0.4) is 0 Å². The summed E-state index contributed by atoms with van der Waals surface area (Å²) >= 11 is 0. The highest BCUT2D eigenvalue weighted by atomic mass is 16.4. The Kier molecular flexibility index (Phi) is 4.02. The summed E-state index contributed by atoms with van der Waals surface area (Å²) in [4.78, 5) is 27.4. The molecule has 0 aromatic heterocycles. The van der Waals surface area contributed by atoms with E-state index in [0.29, 0.717) is 25.4 Å². The fourth-order valence-electron chi connectivity index (χ4n) is 2.99. The van der Waals surface area contributed by atoms with Gasteiger partial charge in [0.2, 0.25) is 0 Å². The number of likely N-dealkylation sites (tertiary alicyclic amines) is 1. The zero-order chi connectivity index (χ0) is 14.0. The lowest BCUT2D eigenvalue weighted by atomic mass is 9.85. The quantitative estimate of drug-likeness (QED) is 0.850. The molecule has 5 nitrogen and oxygen atoms in total. The van der Waals surface area contributed by atoms with Crippen LogP contribution >= 0.6 is 0 Å². The van der Waals surface area contributed by atoms with Crippen molar-refractivity contribution in [1.29, 1.82) is 0 Å². The van der Waals surface area contributed by atoms with Crippen molar-refractivity contribution in [1.82, 2.24) is 9.80 Å². The normalized spacial score (nSPS) is 27.2. The molecule has 0 radical (unpaired) electrons.